The molecule has 0 aromatic heterocycles. The lowest BCUT2D eigenvalue weighted by Gasteiger charge is -2.27. The van der Waals surface area contributed by atoms with E-state index in [1.165, 1.54) is 13.2 Å². The van der Waals surface area contributed by atoms with Gasteiger partial charge in [-0.05, 0) is 25.3 Å². The number of carbonyl (C=O) groups is 1. The lowest BCUT2D eigenvalue weighted by Crippen LogP contribution is -2.35. The molecule has 0 unspecified atom stereocenters. The highest BCUT2D eigenvalue weighted by atomic mass is 19.1. The predicted octanol–water partition coefficient (Wildman–Crippen LogP) is 2.04. The molecule has 0 aliphatic carbocycles. The first-order chi connectivity index (χ1) is 8.63. The number of nitrogens with zero attached hydrogens (tertiary/aromatic N) is 1. The van der Waals surface area contributed by atoms with Crippen LogP contribution in [0.1, 0.15) is 29.6 Å². The van der Waals surface area contributed by atoms with Crippen molar-refractivity contribution in [2.45, 2.75) is 19.3 Å². The summed E-state index contributed by atoms with van der Waals surface area (Å²) < 4.78 is 18.6. The fourth-order valence-corrected chi connectivity index (χ4v) is 2.17. The number of nitrogens with two attached hydrogens (primary N) is 1. The van der Waals surface area contributed by atoms with E-state index in [0.717, 1.165) is 25.3 Å². The molecule has 0 atom stereocenters. The molecule has 0 bridgehead atoms. The number of piperidine rings is 1. The van der Waals surface area contributed by atoms with E-state index in [1.807, 2.05) is 0 Å². The molecule has 5 heteroatoms. The van der Waals surface area contributed by atoms with Gasteiger partial charge in [0.1, 0.15) is 11.6 Å². The number of likely N-dealkylation sites (tertiary alicyclic amines) is 1. The third-order valence-corrected chi connectivity index (χ3v) is 3.19. The summed E-state index contributed by atoms with van der Waals surface area (Å²) in [6.45, 7) is 1.43. The van der Waals surface area contributed by atoms with E-state index in [2.05, 4.69) is 0 Å². The molecule has 2 N–H and O–H groups in total. The maximum Gasteiger partial charge on any atom is 0.257 e. The van der Waals surface area contributed by atoms with E-state index in [4.69, 9.17) is 10.5 Å². The zero-order chi connectivity index (χ0) is 13.1. The lowest BCUT2D eigenvalue weighted by molar-refractivity contribution is 0.0720. The summed E-state index contributed by atoms with van der Waals surface area (Å²) in [7, 11) is 1.44. The van der Waals surface area contributed by atoms with Gasteiger partial charge >= 0.3 is 0 Å². The molecule has 1 aromatic rings. The van der Waals surface area contributed by atoms with Gasteiger partial charge in [-0.3, -0.25) is 4.79 Å². The van der Waals surface area contributed by atoms with Crippen LogP contribution in [0.5, 0.6) is 5.75 Å². The minimum atomic E-state index is -0.587. The maximum atomic E-state index is 13.5. The van der Waals surface area contributed by atoms with E-state index in [1.54, 1.807) is 4.90 Å². The largest absolute Gasteiger partial charge is 0.496 e. The first-order valence-corrected chi connectivity index (χ1v) is 6.05. The van der Waals surface area contributed by atoms with Gasteiger partial charge in [-0.2, -0.15) is 0 Å². The molecule has 0 spiro atoms. The fraction of sp³-hybridized carbons (Fsp3) is 0.462. The molecule has 18 heavy (non-hydrogen) atoms. The molecule has 1 fully saturated rings. The van der Waals surface area contributed by atoms with E-state index in [-0.39, 0.29) is 17.2 Å². The second kappa shape index (κ2) is 5.25. The lowest BCUT2D eigenvalue weighted by atomic mass is 10.1. The van der Waals surface area contributed by atoms with Crippen molar-refractivity contribution in [2.24, 2.45) is 0 Å². The van der Waals surface area contributed by atoms with Crippen molar-refractivity contribution < 1.29 is 13.9 Å². The molecule has 0 radical (unpaired) electrons. The molecule has 1 aromatic carbocycles. The highest BCUT2D eigenvalue weighted by Gasteiger charge is 2.22. The van der Waals surface area contributed by atoms with E-state index < -0.39 is 5.82 Å². The second-order valence-corrected chi connectivity index (χ2v) is 4.43. The van der Waals surface area contributed by atoms with Crippen molar-refractivity contribution in [2.75, 3.05) is 25.9 Å². The normalized spacial score (nSPS) is 15.6. The highest BCUT2D eigenvalue weighted by Crippen LogP contribution is 2.26. The van der Waals surface area contributed by atoms with E-state index in [9.17, 15) is 9.18 Å². The molecule has 1 heterocycles. The summed E-state index contributed by atoms with van der Waals surface area (Å²) in [5, 5.41) is 0. The number of rotatable bonds is 2. The van der Waals surface area contributed by atoms with Crippen LogP contribution in [-0.2, 0) is 0 Å². The van der Waals surface area contributed by atoms with Crippen LogP contribution >= 0.6 is 0 Å². The van der Waals surface area contributed by atoms with Crippen LogP contribution in [0.15, 0.2) is 12.1 Å². The molecule has 1 aliphatic heterocycles. The first-order valence-electron chi connectivity index (χ1n) is 6.05. The van der Waals surface area contributed by atoms with Crippen LogP contribution < -0.4 is 10.5 Å². The van der Waals surface area contributed by atoms with Crippen LogP contribution in [0.2, 0.25) is 0 Å². The Kier molecular flexibility index (Phi) is 3.69. The number of hydrogen-bond acceptors (Lipinski definition) is 3. The summed E-state index contributed by atoms with van der Waals surface area (Å²) in [5.74, 6) is -0.453. The topological polar surface area (TPSA) is 55.6 Å². The number of halogens is 1. The number of benzene rings is 1. The van der Waals surface area contributed by atoms with Crippen molar-refractivity contribution in [3.05, 3.63) is 23.5 Å². The SMILES string of the molecule is COc1cc(N)c(F)cc1C(=O)N1CCCCC1. The number of amides is 1. The van der Waals surface area contributed by atoms with Crippen molar-refractivity contribution in [1.29, 1.82) is 0 Å². The third kappa shape index (κ3) is 2.39. The van der Waals surface area contributed by atoms with Gasteiger partial charge in [-0.25, -0.2) is 4.39 Å². The number of ether oxygens (including phenoxy) is 1. The predicted molar refractivity (Wildman–Crippen MR) is 67.1 cm³/mol. The van der Waals surface area contributed by atoms with Gasteiger partial charge < -0.3 is 15.4 Å². The Morgan fingerprint density at radius 3 is 2.61 bits per heavy atom. The smallest absolute Gasteiger partial charge is 0.257 e. The molecule has 1 saturated heterocycles. The van der Waals surface area contributed by atoms with Crippen molar-refractivity contribution >= 4 is 11.6 Å². The summed E-state index contributed by atoms with van der Waals surface area (Å²) in [4.78, 5) is 14.0. The fourth-order valence-electron chi connectivity index (χ4n) is 2.17. The third-order valence-electron chi connectivity index (χ3n) is 3.19. The van der Waals surface area contributed by atoms with Crippen molar-refractivity contribution in [1.82, 2.24) is 4.90 Å². The Labute approximate surface area is 106 Å². The van der Waals surface area contributed by atoms with E-state index in [0.29, 0.717) is 18.8 Å². The van der Waals surface area contributed by atoms with Gasteiger partial charge in [0, 0.05) is 19.2 Å². The molecule has 98 valence electrons. The highest BCUT2D eigenvalue weighted by molar-refractivity contribution is 5.97. The van der Waals surface area contributed by atoms with Gasteiger partial charge in [-0.15, -0.1) is 0 Å². The molecule has 4 nitrogen and oxygen atoms in total. The van der Waals surface area contributed by atoms with Crippen LogP contribution in [0.3, 0.4) is 0 Å². The van der Waals surface area contributed by atoms with Gasteiger partial charge in [0.05, 0.1) is 18.4 Å². The minimum Gasteiger partial charge on any atom is -0.496 e. The zero-order valence-electron chi connectivity index (χ0n) is 10.4. The van der Waals surface area contributed by atoms with Gasteiger partial charge in [-0.1, -0.05) is 0 Å². The minimum absolute atomic E-state index is 0.0120. The standard InChI is InChI=1S/C13H17FN2O2/c1-18-12-8-11(15)10(14)7-9(12)13(17)16-5-3-2-4-6-16/h7-8H,2-6,15H2,1H3. The monoisotopic (exact) mass is 252 g/mol. The summed E-state index contributed by atoms with van der Waals surface area (Å²) in [5.41, 5.74) is 5.69. The summed E-state index contributed by atoms with van der Waals surface area (Å²) in [6, 6.07) is 2.51. The molecule has 1 aliphatic rings. The molecule has 1 amide bonds. The molecule has 0 saturated carbocycles. The molecular formula is C13H17FN2O2. The Morgan fingerprint density at radius 1 is 1.33 bits per heavy atom. The van der Waals surface area contributed by atoms with Gasteiger partial charge in [0.2, 0.25) is 0 Å². The number of carbonyl (C=O) groups excluding carboxylic acids is 1. The van der Waals surface area contributed by atoms with Crippen molar-refractivity contribution in [3.8, 4) is 5.75 Å². The van der Waals surface area contributed by atoms with Crippen molar-refractivity contribution in [3.63, 3.8) is 0 Å². The first kappa shape index (κ1) is 12.7. The quantitative estimate of drug-likeness (QED) is 0.819. The number of methoxy groups -OCH3 is 1. The molecular weight excluding hydrogens is 235 g/mol. The second-order valence-electron chi connectivity index (χ2n) is 4.43. The Morgan fingerprint density at radius 2 is 2.00 bits per heavy atom. The average Bonchev–Trinajstić information content (AvgIpc) is 2.41. The molecule has 2 rings (SSSR count). The Hall–Kier alpha value is -1.78. The van der Waals surface area contributed by atoms with E-state index >= 15 is 0 Å². The maximum absolute atomic E-state index is 13.5. The number of anilines is 1. The zero-order valence-corrected chi connectivity index (χ0v) is 10.4. The van der Waals surface area contributed by atoms with Crippen LogP contribution in [0, 0.1) is 5.82 Å². The summed E-state index contributed by atoms with van der Waals surface area (Å²) >= 11 is 0. The average molecular weight is 252 g/mol. The number of nitrogen functional groups attached to an aromatic ring is 1. The van der Waals surface area contributed by atoms with Gasteiger partial charge in [0.25, 0.3) is 5.91 Å². The van der Waals surface area contributed by atoms with Crippen LogP contribution in [0.4, 0.5) is 10.1 Å². The van der Waals surface area contributed by atoms with Gasteiger partial charge in [0.15, 0.2) is 0 Å². The number of hydrogen-bond donors (Lipinski definition) is 1. The van der Waals surface area contributed by atoms with Crippen LogP contribution in [-0.4, -0.2) is 31.0 Å². The Bertz CT molecular complexity index is 457. The summed E-state index contributed by atoms with van der Waals surface area (Å²) in [6.07, 6.45) is 3.12. The Balaban J connectivity index is 2.31. The van der Waals surface area contributed by atoms with Crippen LogP contribution in [0.25, 0.3) is 0 Å².